The Labute approximate surface area is 156 Å². The fourth-order valence-electron chi connectivity index (χ4n) is 3.22. The summed E-state index contributed by atoms with van der Waals surface area (Å²) in [4.78, 5) is 26.3. The van der Waals surface area contributed by atoms with Gasteiger partial charge in [-0.1, -0.05) is 51.5 Å². The predicted octanol–water partition coefficient (Wildman–Crippen LogP) is 3.86. The van der Waals surface area contributed by atoms with E-state index in [1.54, 1.807) is 0 Å². The molecule has 0 aromatic carbocycles. The van der Waals surface area contributed by atoms with Crippen LogP contribution in [0.25, 0.3) is 0 Å². The van der Waals surface area contributed by atoms with E-state index in [0.29, 0.717) is 12.3 Å². The second kappa shape index (κ2) is 12.4. The quantitative estimate of drug-likeness (QED) is 0.165. The van der Waals surface area contributed by atoms with Gasteiger partial charge in [-0.3, -0.25) is 10.1 Å². The minimum Gasteiger partial charge on any atom is -0.466 e. The number of carbonyl (C=O) groups is 1. The van der Waals surface area contributed by atoms with Crippen LogP contribution in [0, 0.1) is 16.0 Å². The lowest BCUT2D eigenvalue weighted by atomic mass is 9.93. The zero-order chi connectivity index (χ0) is 19.3. The van der Waals surface area contributed by atoms with E-state index in [2.05, 4.69) is 22.0 Å². The monoisotopic (exact) mass is 367 g/mol. The minimum absolute atomic E-state index is 0.279. The summed E-state index contributed by atoms with van der Waals surface area (Å²) in [6.07, 6.45) is 15.0. The van der Waals surface area contributed by atoms with Crippen LogP contribution in [-0.4, -0.2) is 36.5 Å². The molecule has 0 saturated carbocycles. The third kappa shape index (κ3) is 7.97. The average molecular weight is 367 g/mol. The molecule has 0 radical (unpaired) electrons. The molecule has 1 aliphatic heterocycles. The predicted molar refractivity (Wildman–Crippen MR) is 103 cm³/mol. The molecule has 7 nitrogen and oxygen atoms in total. The van der Waals surface area contributed by atoms with Crippen LogP contribution in [-0.2, 0) is 9.53 Å². The van der Waals surface area contributed by atoms with Gasteiger partial charge in [0.15, 0.2) is 0 Å². The van der Waals surface area contributed by atoms with Crippen molar-refractivity contribution >= 4 is 12.3 Å². The molecule has 2 atom stereocenters. The van der Waals surface area contributed by atoms with Crippen LogP contribution in [0.3, 0.4) is 0 Å². The van der Waals surface area contributed by atoms with Crippen molar-refractivity contribution in [1.29, 1.82) is 0 Å². The average Bonchev–Trinajstić information content (AvgIpc) is 3.12. The van der Waals surface area contributed by atoms with Crippen LogP contribution >= 0.6 is 0 Å². The highest BCUT2D eigenvalue weighted by atomic mass is 16.6. The number of ether oxygens (including phenoxy) is 1. The molecule has 0 saturated heterocycles. The van der Waals surface area contributed by atoms with Gasteiger partial charge in [0.25, 0.3) is 0 Å². The van der Waals surface area contributed by atoms with E-state index in [4.69, 9.17) is 0 Å². The summed E-state index contributed by atoms with van der Waals surface area (Å²) in [5.41, 5.74) is -1.18. The standard InChI is InChI=1S/C19H33N3O4/c1-3-4-5-7-10-17(12-13-18(23)26-2)11-8-6-9-14-19(22(24)25)15-20-16-21-19/h12-13,16-17H,3-11,14-15H2,1-2H3,(H,20,21)/b13-12+. The van der Waals surface area contributed by atoms with E-state index in [-0.39, 0.29) is 17.4 Å². The minimum atomic E-state index is -1.18. The summed E-state index contributed by atoms with van der Waals surface area (Å²) in [5, 5.41) is 14.1. The van der Waals surface area contributed by atoms with Crippen LogP contribution in [0.5, 0.6) is 0 Å². The molecule has 0 fully saturated rings. The van der Waals surface area contributed by atoms with Crippen LogP contribution in [0.4, 0.5) is 0 Å². The molecule has 1 rings (SSSR count). The number of carbonyl (C=O) groups excluding carboxylic acids is 1. The maximum absolute atomic E-state index is 11.3. The topological polar surface area (TPSA) is 93.8 Å². The number of nitrogens with zero attached hydrogens (tertiary/aromatic N) is 2. The summed E-state index contributed by atoms with van der Waals surface area (Å²) in [7, 11) is 1.38. The molecule has 1 aliphatic rings. The molecule has 2 unspecified atom stereocenters. The molecule has 7 heteroatoms. The Hall–Kier alpha value is -1.92. The Morgan fingerprint density at radius 2 is 2.00 bits per heavy atom. The number of hydrogen-bond donors (Lipinski definition) is 1. The number of methoxy groups -OCH3 is 1. The van der Waals surface area contributed by atoms with E-state index in [0.717, 1.165) is 38.5 Å². The number of nitrogens with one attached hydrogen (secondary N) is 1. The van der Waals surface area contributed by atoms with Crippen molar-refractivity contribution < 1.29 is 14.5 Å². The summed E-state index contributed by atoms with van der Waals surface area (Å²) in [6.45, 7) is 2.47. The van der Waals surface area contributed by atoms with Gasteiger partial charge in [0.1, 0.15) is 6.54 Å². The van der Waals surface area contributed by atoms with Gasteiger partial charge < -0.3 is 10.1 Å². The van der Waals surface area contributed by atoms with Gasteiger partial charge in [-0.2, -0.15) is 4.99 Å². The summed E-state index contributed by atoms with van der Waals surface area (Å²) < 4.78 is 4.67. The van der Waals surface area contributed by atoms with Gasteiger partial charge in [0.2, 0.25) is 0 Å². The van der Waals surface area contributed by atoms with E-state index in [1.165, 1.54) is 38.8 Å². The first-order chi connectivity index (χ1) is 12.5. The highest BCUT2D eigenvalue weighted by Crippen LogP contribution is 2.24. The van der Waals surface area contributed by atoms with Crippen molar-refractivity contribution in [2.45, 2.75) is 76.8 Å². The highest BCUT2D eigenvalue weighted by Gasteiger charge is 2.43. The number of hydrogen-bond acceptors (Lipinski definition) is 6. The first-order valence-electron chi connectivity index (χ1n) is 9.72. The molecule has 148 valence electrons. The second-order valence-corrected chi connectivity index (χ2v) is 6.97. The van der Waals surface area contributed by atoms with Crippen molar-refractivity contribution in [3.63, 3.8) is 0 Å². The molecule has 0 amide bonds. The SMILES string of the molecule is CCCCCCC(/C=C/C(=O)OC)CCCCCC1([N+](=O)[O-])CNC=N1. The maximum atomic E-state index is 11.3. The number of nitro groups is 1. The Balaban J connectivity index is 2.35. The molecular formula is C19H33N3O4. The Morgan fingerprint density at radius 1 is 1.31 bits per heavy atom. The largest absolute Gasteiger partial charge is 0.466 e. The molecule has 26 heavy (non-hydrogen) atoms. The number of unbranched alkanes of at least 4 members (excludes halogenated alkanes) is 5. The lowest BCUT2D eigenvalue weighted by Crippen LogP contribution is -2.40. The van der Waals surface area contributed by atoms with E-state index in [1.807, 2.05) is 6.08 Å². The van der Waals surface area contributed by atoms with E-state index in [9.17, 15) is 14.9 Å². The fourth-order valence-corrected chi connectivity index (χ4v) is 3.22. The van der Waals surface area contributed by atoms with Gasteiger partial charge in [-0.05, 0) is 25.2 Å². The molecular weight excluding hydrogens is 334 g/mol. The van der Waals surface area contributed by atoms with Crippen molar-refractivity contribution in [1.82, 2.24) is 5.32 Å². The van der Waals surface area contributed by atoms with Crippen molar-refractivity contribution in [2.75, 3.05) is 13.7 Å². The third-order valence-corrected chi connectivity index (χ3v) is 4.91. The van der Waals surface area contributed by atoms with Crippen LogP contribution in [0.2, 0.25) is 0 Å². The smallest absolute Gasteiger partial charge is 0.331 e. The van der Waals surface area contributed by atoms with Gasteiger partial charge in [-0.25, -0.2) is 4.79 Å². The third-order valence-electron chi connectivity index (χ3n) is 4.91. The number of aliphatic imine (C=N–C) groups is 1. The summed E-state index contributed by atoms with van der Waals surface area (Å²) in [5.74, 6) is 0.0460. The zero-order valence-corrected chi connectivity index (χ0v) is 16.1. The zero-order valence-electron chi connectivity index (χ0n) is 16.1. The van der Waals surface area contributed by atoms with Crippen LogP contribution in [0.15, 0.2) is 17.1 Å². The maximum Gasteiger partial charge on any atom is 0.331 e. The number of rotatable bonds is 14. The van der Waals surface area contributed by atoms with Gasteiger partial charge >= 0.3 is 11.6 Å². The van der Waals surface area contributed by atoms with Gasteiger partial charge in [-0.15, -0.1) is 0 Å². The van der Waals surface area contributed by atoms with Gasteiger partial charge in [0.05, 0.1) is 18.4 Å². The Morgan fingerprint density at radius 3 is 2.54 bits per heavy atom. The molecule has 0 aromatic rings. The molecule has 0 bridgehead atoms. The van der Waals surface area contributed by atoms with Crippen molar-refractivity contribution in [3.8, 4) is 0 Å². The lowest BCUT2D eigenvalue weighted by Gasteiger charge is -2.16. The summed E-state index contributed by atoms with van der Waals surface area (Å²) in [6, 6.07) is 0. The lowest BCUT2D eigenvalue weighted by molar-refractivity contribution is -0.565. The fraction of sp³-hybridized carbons (Fsp3) is 0.789. The van der Waals surface area contributed by atoms with Crippen molar-refractivity contribution in [2.24, 2.45) is 10.9 Å². The normalized spacial score (nSPS) is 20.2. The Bertz CT molecular complexity index is 493. The van der Waals surface area contributed by atoms with E-state index >= 15 is 0 Å². The molecule has 0 spiro atoms. The van der Waals surface area contributed by atoms with Crippen LogP contribution < -0.4 is 5.32 Å². The number of esters is 1. The van der Waals surface area contributed by atoms with Gasteiger partial charge in [0, 0.05) is 12.5 Å². The molecule has 0 aliphatic carbocycles. The second-order valence-electron chi connectivity index (χ2n) is 6.97. The Kier molecular flexibility index (Phi) is 10.6. The molecule has 0 aromatic heterocycles. The summed E-state index contributed by atoms with van der Waals surface area (Å²) >= 11 is 0. The van der Waals surface area contributed by atoms with E-state index < -0.39 is 5.66 Å². The number of allylic oxidation sites excluding steroid dienone is 1. The van der Waals surface area contributed by atoms with Crippen LogP contribution in [0.1, 0.15) is 71.1 Å². The molecule has 1 N–H and O–H groups in total. The van der Waals surface area contributed by atoms with Crippen molar-refractivity contribution in [3.05, 3.63) is 22.3 Å². The first-order valence-corrected chi connectivity index (χ1v) is 9.72. The molecule has 1 heterocycles. The first kappa shape index (κ1) is 22.1. The highest BCUT2D eigenvalue weighted by molar-refractivity contribution is 5.81.